The second-order valence-electron chi connectivity index (χ2n) is 8.39. The summed E-state index contributed by atoms with van der Waals surface area (Å²) in [7, 11) is -3.35. The smallest absolute Gasteiger partial charge is 0.333 e. The van der Waals surface area contributed by atoms with E-state index >= 15 is 0 Å². The van der Waals surface area contributed by atoms with E-state index in [2.05, 4.69) is 32.8 Å². The Kier molecular flexibility index (Phi) is 11.0. The predicted octanol–water partition coefficient (Wildman–Crippen LogP) is 3.74. The molecule has 8 heteroatoms. The Hall–Kier alpha value is -0.516. The van der Waals surface area contributed by atoms with Crippen LogP contribution in [0.15, 0.2) is 12.2 Å². The van der Waals surface area contributed by atoms with Crippen molar-refractivity contribution in [2.75, 3.05) is 39.6 Å². The lowest BCUT2D eigenvalue weighted by Gasteiger charge is -2.34. The van der Waals surface area contributed by atoms with Gasteiger partial charge in [-0.1, -0.05) is 6.58 Å². The van der Waals surface area contributed by atoms with Crippen LogP contribution in [0.5, 0.6) is 0 Å². The van der Waals surface area contributed by atoms with Crippen molar-refractivity contribution in [3.05, 3.63) is 12.2 Å². The molecule has 0 aliphatic carbocycles. The molecule has 27 heavy (non-hydrogen) atoms. The number of esters is 1. The number of carbonyl (C=O) groups is 1. The molecule has 1 saturated heterocycles. The van der Waals surface area contributed by atoms with Crippen molar-refractivity contribution in [2.24, 2.45) is 0 Å². The normalized spacial score (nSPS) is 17.0. The number of hydrogen-bond acceptors (Lipinski definition) is 6. The fourth-order valence-electron chi connectivity index (χ4n) is 2.85. The van der Waals surface area contributed by atoms with Crippen molar-refractivity contribution in [3.8, 4) is 0 Å². The molecule has 0 spiro atoms. The standard InChI is InChI=1S/C19H38O6Si2/c1-17(2)19(20)23-12-11-21-9-7-13-26(3,4)25-27(5,6)14-8-10-22-15-18-16-24-18/h18H,1,7-16H2,2-6H3. The third-order valence-corrected chi connectivity index (χ3v) is 11.7. The molecule has 158 valence electrons. The maximum absolute atomic E-state index is 11.2. The van der Waals surface area contributed by atoms with Crippen LogP contribution < -0.4 is 0 Å². The molecule has 6 nitrogen and oxygen atoms in total. The van der Waals surface area contributed by atoms with Crippen LogP contribution in [0.3, 0.4) is 0 Å². The molecule has 0 N–H and O–H groups in total. The van der Waals surface area contributed by atoms with E-state index in [-0.39, 0.29) is 12.6 Å². The lowest BCUT2D eigenvalue weighted by Crippen LogP contribution is -2.44. The summed E-state index contributed by atoms with van der Waals surface area (Å²) in [5.74, 6) is -0.362. The molecule has 1 aliphatic heterocycles. The van der Waals surface area contributed by atoms with Crippen molar-refractivity contribution in [3.63, 3.8) is 0 Å². The number of ether oxygens (including phenoxy) is 4. The molecular formula is C19H38O6Si2. The van der Waals surface area contributed by atoms with Gasteiger partial charge in [0.15, 0.2) is 16.6 Å². The molecule has 0 saturated carbocycles. The van der Waals surface area contributed by atoms with Crippen LogP contribution in [0, 0.1) is 0 Å². The first-order chi connectivity index (χ1) is 12.6. The van der Waals surface area contributed by atoms with Crippen molar-refractivity contribution >= 4 is 22.6 Å². The molecule has 0 aromatic carbocycles. The topological polar surface area (TPSA) is 66.5 Å². The highest BCUT2D eigenvalue weighted by atomic mass is 28.4. The zero-order valence-electron chi connectivity index (χ0n) is 17.8. The van der Waals surface area contributed by atoms with E-state index in [4.69, 9.17) is 23.1 Å². The summed E-state index contributed by atoms with van der Waals surface area (Å²) in [5, 5.41) is 0. The summed E-state index contributed by atoms with van der Waals surface area (Å²) >= 11 is 0. The minimum Gasteiger partial charge on any atom is -0.460 e. The quantitative estimate of drug-likeness (QED) is 0.125. The van der Waals surface area contributed by atoms with Gasteiger partial charge in [-0.25, -0.2) is 4.79 Å². The summed E-state index contributed by atoms with van der Waals surface area (Å²) < 4.78 is 27.9. The Labute approximate surface area is 166 Å². The summed E-state index contributed by atoms with van der Waals surface area (Å²) in [6, 6.07) is 2.20. The van der Waals surface area contributed by atoms with Crippen LogP contribution in [-0.2, 0) is 27.9 Å². The van der Waals surface area contributed by atoms with Gasteiger partial charge < -0.3 is 23.1 Å². The largest absolute Gasteiger partial charge is 0.460 e. The first kappa shape index (κ1) is 24.5. The fourth-order valence-corrected chi connectivity index (χ4v) is 11.6. The van der Waals surface area contributed by atoms with E-state index in [1.165, 1.54) is 0 Å². The zero-order chi connectivity index (χ0) is 20.3. The second kappa shape index (κ2) is 12.1. The number of hydrogen-bond donors (Lipinski definition) is 0. The summed E-state index contributed by atoms with van der Waals surface area (Å²) in [5.41, 5.74) is 0.412. The van der Waals surface area contributed by atoms with Crippen molar-refractivity contribution < 1.29 is 27.9 Å². The Balaban J connectivity index is 2.06. The van der Waals surface area contributed by atoms with Gasteiger partial charge in [-0.05, 0) is 58.0 Å². The lowest BCUT2D eigenvalue weighted by molar-refractivity contribution is -0.140. The van der Waals surface area contributed by atoms with Crippen LogP contribution in [0.4, 0.5) is 0 Å². The predicted molar refractivity (Wildman–Crippen MR) is 112 cm³/mol. The number of rotatable bonds is 16. The Bertz CT molecular complexity index is 463. The van der Waals surface area contributed by atoms with Gasteiger partial charge in [0.2, 0.25) is 0 Å². The van der Waals surface area contributed by atoms with E-state index in [1.807, 2.05) is 0 Å². The molecule has 1 rings (SSSR count). The first-order valence-corrected chi connectivity index (χ1v) is 16.1. The molecule has 0 amide bonds. The Morgan fingerprint density at radius 3 is 2.07 bits per heavy atom. The van der Waals surface area contributed by atoms with Gasteiger partial charge in [-0.2, -0.15) is 0 Å². The molecule has 1 aliphatic rings. The van der Waals surface area contributed by atoms with E-state index < -0.39 is 16.6 Å². The third-order valence-electron chi connectivity index (χ3n) is 4.20. The molecule has 0 aromatic heterocycles. The van der Waals surface area contributed by atoms with Gasteiger partial charge in [-0.15, -0.1) is 0 Å². The second-order valence-corrected chi connectivity index (χ2v) is 17.2. The zero-order valence-corrected chi connectivity index (χ0v) is 19.8. The highest BCUT2D eigenvalue weighted by molar-refractivity contribution is 6.84. The summed E-state index contributed by atoms with van der Waals surface area (Å²) in [6.07, 6.45) is 2.38. The molecular weight excluding hydrogens is 380 g/mol. The van der Waals surface area contributed by atoms with Crippen LogP contribution in [0.2, 0.25) is 38.3 Å². The van der Waals surface area contributed by atoms with Gasteiger partial charge >= 0.3 is 5.97 Å². The van der Waals surface area contributed by atoms with E-state index in [9.17, 15) is 4.79 Å². The van der Waals surface area contributed by atoms with E-state index in [1.54, 1.807) is 6.92 Å². The van der Waals surface area contributed by atoms with Crippen molar-refractivity contribution in [1.82, 2.24) is 0 Å². The SMILES string of the molecule is C=C(C)C(=O)OCCOCCC[Si](C)(C)O[Si](C)(C)CCCOCC1CO1. The molecule has 1 unspecified atom stereocenters. The van der Waals surface area contributed by atoms with Crippen molar-refractivity contribution in [2.45, 2.75) is 64.1 Å². The van der Waals surface area contributed by atoms with E-state index in [0.29, 0.717) is 24.9 Å². The van der Waals surface area contributed by atoms with Gasteiger partial charge in [0, 0.05) is 18.8 Å². The summed E-state index contributed by atoms with van der Waals surface area (Å²) in [4.78, 5) is 11.2. The molecule has 0 aromatic rings. The van der Waals surface area contributed by atoms with Crippen molar-refractivity contribution in [1.29, 1.82) is 0 Å². The van der Waals surface area contributed by atoms with Crippen LogP contribution in [0.1, 0.15) is 19.8 Å². The monoisotopic (exact) mass is 418 g/mol. The molecule has 1 heterocycles. The fraction of sp³-hybridized carbons (Fsp3) is 0.842. The third kappa shape index (κ3) is 13.3. The highest BCUT2D eigenvalue weighted by Gasteiger charge is 2.32. The average Bonchev–Trinajstić information content (AvgIpc) is 3.36. The lowest BCUT2D eigenvalue weighted by atomic mass is 10.4. The van der Waals surface area contributed by atoms with Gasteiger partial charge in [0.05, 0.1) is 19.8 Å². The minimum absolute atomic E-state index is 0.276. The maximum Gasteiger partial charge on any atom is 0.333 e. The minimum atomic E-state index is -1.69. The molecule has 1 atom stereocenters. The average molecular weight is 419 g/mol. The van der Waals surface area contributed by atoms with E-state index in [0.717, 1.165) is 44.8 Å². The number of carbonyl (C=O) groups excluding carboxylic acids is 1. The van der Waals surface area contributed by atoms with Gasteiger partial charge in [0.1, 0.15) is 12.7 Å². The van der Waals surface area contributed by atoms with Crippen LogP contribution >= 0.6 is 0 Å². The Morgan fingerprint density at radius 1 is 1.00 bits per heavy atom. The highest BCUT2D eigenvalue weighted by Crippen LogP contribution is 2.24. The van der Waals surface area contributed by atoms with Crippen LogP contribution in [-0.4, -0.2) is 68.3 Å². The summed E-state index contributed by atoms with van der Waals surface area (Å²) in [6.45, 7) is 18.1. The number of epoxide rings is 1. The molecule has 0 radical (unpaired) electrons. The van der Waals surface area contributed by atoms with Gasteiger partial charge in [-0.3, -0.25) is 0 Å². The molecule has 1 fully saturated rings. The van der Waals surface area contributed by atoms with Crippen LogP contribution in [0.25, 0.3) is 0 Å². The maximum atomic E-state index is 11.2. The first-order valence-electron chi connectivity index (χ1n) is 9.91. The van der Waals surface area contributed by atoms with Gasteiger partial charge in [0.25, 0.3) is 0 Å². The molecule has 0 bridgehead atoms. The Morgan fingerprint density at radius 2 is 1.56 bits per heavy atom.